The van der Waals surface area contributed by atoms with Crippen molar-refractivity contribution in [1.82, 2.24) is 9.97 Å². The van der Waals surface area contributed by atoms with E-state index in [1.54, 1.807) is 42.6 Å². The predicted octanol–water partition coefficient (Wildman–Crippen LogP) is 3.46. The molecule has 0 bridgehead atoms. The van der Waals surface area contributed by atoms with Crippen LogP contribution in [0, 0.1) is 0 Å². The summed E-state index contributed by atoms with van der Waals surface area (Å²) < 4.78 is 82.3. The molecule has 2 N–H and O–H groups in total. The van der Waals surface area contributed by atoms with Gasteiger partial charge in [0.2, 0.25) is 10.0 Å². The third-order valence-corrected chi connectivity index (χ3v) is 8.67. The molecule has 15 nitrogen and oxygen atoms in total. The van der Waals surface area contributed by atoms with Crippen molar-refractivity contribution < 1.29 is 50.1 Å². The van der Waals surface area contributed by atoms with Gasteiger partial charge in [0, 0.05) is 37.4 Å². The number of aldehydes is 1. The number of methoxy groups -OCH3 is 2. The Morgan fingerprint density at radius 3 is 1.65 bits per heavy atom. The van der Waals surface area contributed by atoms with Gasteiger partial charge in [-0.05, 0) is 48.5 Å². The lowest BCUT2D eigenvalue weighted by Crippen LogP contribution is -2.12. The maximum absolute atomic E-state index is 12.4. The van der Waals surface area contributed by atoms with E-state index < -0.39 is 20.0 Å². The first-order valence-corrected chi connectivity index (χ1v) is 17.6. The Hall–Kier alpha value is -5.26. The summed E-state index contributed by atoms with van der Waals surface area (Å²) in [7, 11) is -4.59. The molecule has 0 fully saturated rings. The largest absolute Gasteiger partial charge is 0.494 e. The van der Waals surface area contributed by atoms with Crippen LogP contribution in [0.25, 0.3) is 0 Å². The van der Waals surface area contributed by atoms with Crippen molar-refractivity contribution in [1.29, 1.82) is 0 Å². The lowest BCUT2D eigenvalue weighted by atomic mass is 10.3. The number of nitrogens with two attached hydrogens (primary N) is 1. The van der Waals surface area contributed by atoms with Gasteiger partial charge in [0.15, 0.2) is 29.3 Å². The summed E-state index contributed by atoms with van der Waals surface area (Å²) in [5, 5.41) is 5.00. The number of sulfonamides is 2. The van der Waals surface area contributed by atoms with Crippen molar-refractivity contribution in [3.8, 4) is 34.5 Å². The van der Waals surface area contributed by atoms with Crippen LogP contribution in [0.5, 0.6) is 34.5 Å². The van der Waals surface area contributed by atoms with E-state index in [9.17, 15) is 21.6 Å². The fraction of sp³-hybridized carbons (Fsp3) is 0.250. The lowest BCUT2D eigenvalue weighted by Gasteiger charge is -2.08. The molecule has 2 aromatic carbocycles. The Morgan fingerprint density at radius 1 is 0.694 bits per heavy atom. The highest BCUT2D eigenvalue weighted by Gasteiger charge is 2.18. The van der Waals surface area contributed by atoms with Crippen LogP contribution in [0.2, 0.25) is 0 Å². The molecule has 0 spiro atoms. The van der Waals surface area contributed by atoms with Gasteiger partial charge in [-0.25, -0.2) is 18.5 Å². The summed E-state index contributed by atoms with van der Waals surface area (Å²) >= 11 is 0. The first kappa shape index (κ1) is 36.6. The highest BCUT2D eigenvalue weighted by Crippen LogP contribution is 2.33. The zero-order valence-corrected chi connectivity index (χ0v) is 28.2. The van der Waals surface area contributed by atoms with E-state index in [1.807, 2.05) is 0 Å². The van der Waals surface area contributed by atoms with E-state index in [2.05, 4.69) is 14.4 Å². The minimum absolute atomic E-state index is 0.0258. The molecule has 2 aliphatic heterocycles. The molecule has 17 heteroatoms. The number of ether oxygens (including phenoxy) is 6. The van der Waals surface area contributed by atoms with E-state index in [1.165, 1.54) is 44.7 Å². The molecular formula is C32H34N4O11S2. The molecule has 4 heterocycles. The minimum atomic E-state index is -3.89. The van der Waals surface area contributed by atoms with Crippen LogP contribution in [0.1, 0.15) is 29.0 Å². The third-order valence-electron chi connectivity index (χ3n) is 6.53. The Morgan fingerprint density at radius 2 is 1.16 bits per heavy atom. The van der Waals surface area contributed by atoms with Crippen molar-refractivity contribution in [2.24, 2.45) is 9.54 Å². The number of primary sulfonamides is 1. The van der Waals surface area contributed by atoms with Crippen molar-refractivity contribution in [3.63, 3.8) is 0 Å². The molecule has 0 unspecified atom stereocenters. The second kappa shape index (κ2) is 17.2. The van der Waals surface area contributed by atoms with E-state index in [0.717, 1.165) is 19.1 Å². The van der Waals surface area contributed by atoms with Crippen molar-refractivity contribution in [3.05, 3.63) is 84.4 Å². The number of aromatic nitrogens is 2. The Bertz CT molecular complexity index is 1990. The molecule has 4 aromatic rings. The van der Waals surface area contributed by atoms with Crippen LogP contribution in [-0.4, -0.2) is 80.0 Å². The van der Waals surface area contributed by atoms with Gasteiger partial charge in [-0.1, -0.05) is 0 Å². The van der Waals surface area contributed by atoms with Gasteiger partial charge >= 0.3 is 0 Å². The average Bonchev–Trinajstić information content (AvgIpc) is 3.51. The van der Waals surface area contributed by atoms with Gasteiger partial charge in [0.1, 0.15) is 22.9 Å². The van der Waals surface area contributed by atoms with Crippen LogP contribution in [0.4, 0.5) is 0 Å². The summed E-state index contributed by atoms with van der Waals surface area (Å²) in [5.41, 5.74) is 0.669. The first-order valence-electron chi connectivity index (χ1n) is 14.6. The van der Waals surface area contributed by atoms with Gasteiger partial charge in [-0.3, -0.25) is 9.78 Å². The molecule has 6 rings (SSSR count). The Kier molecular flexibility index (Phi) is 12.9. The molecule has 0 amide bonds. The SMILES string of the molecule is COc1cccnc1C=NS(=O)(=O)c1ccc2c(c1)OCCCO2.COc1cccnc1C=O.NS(=O)(=O)c1ccc2c(c1)OCCCO2. The monoisotopic (exact) mass is 714 g/mol. The van der Waals surface area contributed by atoms with E-state index in [0.29, 0.717) is 78.6 Å². The Balaban J connectivity index is 0.000000184. The number of rotatable bonds is 7. The topological polar surface area (TPSA) is 205 Å². The maximum atomic E-state index is 12.4. The number of carbonyl (C=O) groups is 1. The van der Waals surface area contributed by atoms with E-state index in [-0.39, 0.29) is 9.79 Å². The molecule has 49 heavy (non-hydrogen) atoms. The molecule has 0 saturated carbocycles. The molecule has 2 aliphatic rings. The molecule has 0 atom stereocenters. The van der Waals surface area contributed by atoms with Crippen LogP contribution >= 0.6 is 0 Å². The highest BCUT2D eigenvalue weighted by molar-refractivity contribution is 7.90. The van der Waals surface area contributed by atoms with Gasteiger partial charge in [0.05, 0.1) is 56.7 Å². The summed E-state index contributed by atoms with van der Waals surface area (Å²) in [6.07, 6.45) is 6.43. The molecule has 0 radical (unpaired) electrons. The summed E-state index contributed by atoms with van der Waals surface area (Å²) in [6, 6.07) is 15.5. The van der Waals surface area contributed by atoms with Crippen LogP contribution in [0.15, 0.2) is 87.2 Å². The van der Waals surface area contributed by atoms with Crippen molar-refractivity contribution >= 4 is 32.5 Å². The number of benzene rings is 2. The number of hydrogen-bond acceptors (Lipinski definition) is 13. The average molecular weight is 715 g/mol. The second-order valence-electron chi connectivity index (χ2n) is 9.87. The highest BCUT2D eigenvalue weighted by atomic mass is 32.2. The van der Waals surface area contributed by atoms with Gasteiger partial charge in [-0.15, -0.1) is 0 Å². The normalized spacial score (nSPS) is 13.7. The summed E-state index contributed by atoms with van der Waals surface area (Å²) in [6.45, 7) is 2.10. The van der Waals surface area contributed by atoms with Crippen LogP contribution in [0.3, 0.4) is 0 Å². The lowest BCUT2D eigenvalue weighted by molar-refractivity contribution is 0.111. The first-order chi connectivity index (χ1) is 23.6. The molecule has 0 saturated heterocycles. The molecular weight excluding hydrogens is 681 g/mol. The number of fused-ring (bicyclic) bond motifs is 2. The number of hydrogen-bond donors (Lipinski definition) is 1. The number of nitrogens with zero attached hydrogens (tertiary/aromatic N) is 3. The summed E-state index contributed by atoms with van der Waals surface area (Å²) in [4.78, 5) is 18.1. The zero-order valence-electron chi connectivity index (χ0n) is 26.6. The predicted molar refractivity (Wildman–Crippen MR) is 177 cm³/mol. The molecule has 0 aliphatic carbocycles. The fourth-order valence-electron chi connectivity index (χ4n) is 4.14. The quantitative estimate of drug-likeness (QED) is 0.215. The van der Waals surface area contributed by atoms with Crippen LogP contribution < -0.4 is 33.6 Å². The van der Waals surface area contributed by atoms with Crippen molar-refractivity contribution in [2.45, 2.75) is 22.6 Å². The number of pyridine rings is 2. The standard InChI is InChI=1S/C16H16N2O5S.C9H11NO4S.C7H7NO2/c1-21-14-4-2-7-17-13(14)11-18-24(19,20)12-5-6-15-16(10-12)23-9-3-8-22-15;10-15(11,12)7-2-3-8-9(6-7)14-5-1-4-13-8;1-10-7-3-2-4-8-6(7)5-9/h2,4-7,10-11H,3,8-9H2,1H3;2-3,6H,1,4-5H2,(H2,10,11,12);2-5H,1H3. The van der Waals surface area contributed by atoms with Crippen molar-refractivity contribution in [2.75, 3.05) is 40.6 Å². The molecule has 2 aromatic heterocycles. The number of carbonyl (C=O) groups excluding carboxylic acids is 1. The van der Waals surface area contributed by atoms with Gasteiger partial charge < -0.3 is 28.4 Å². The Labute approximate surface area is 283 Å². The smallest absolute Gasteiger partial charge is 0.282 e. The van der Waals surface area contributed by atoms with Crippen LogP contribution in [-0.2, 0) is 20.0 Å². The summed E-state index contributed by atoms with van der Waals surface area (Å²) in [5.74, 6) is 2.87. The third kappa shape index (κ3) is 10.4. The fourth-order valence-corrected chi connectivity index (χ4v) is 5.53. The minimum Gasteiger partial charge on any atom is -0.494 e. The second-order valence-corrected chi connectivity index (χ2v) is 13.1. The van der Waals surface area contributed by atoms with E-state index in [4.69, 9.17) is 33.6 Å². The van der Waals surface area contributed by atoms with Gasteiger partial charge in [0.25, 0.3) is 10.0 Å². The zero-order chi connectivity index (χ0) is 35.3. The van der Waals surface area contributed by atoms with Gasteiger partial charge in [-0.2, -0.15) is 12.8 Å². The van der Waals surface area contributed by atoms with E-state index >= 15 is 0 Å². The maximum Gasteiger partial charge on any atom is 0.282 e. The molecule has 260 valence electrons.